The number of halogens is 1. The van der Waals surface area contributed by atoms with E-state index in [4.69, 9.17) is 5.73 Å². The molecule has 1 aromatic heterocycles. The van der Waals surface area contributed by atoms with Crippen molar-refractivity contribution >= 4 is 24.2 Å². The number of nitrogens with zero attached hydrogens (tertiary/aromatic N) is 2. The molecule has 2 amide bonds. The molecular weight excluding hydrogens is 254 g/mol. The Kier molecular flexibility index (Phi) is 5.09. The van der Waals surface area contributed by atoms with Crippen LogP contribution in [0.15, 0.2) is 24.5 Å². The number of primary amides is 1. The van der Waals surface area contributed by atoms with Gasteiger partial charge in [-0.25, -0.2) is 0 Å². The maximum absolute atomic E-state index is 12.1. The zero-order valence-corrected chi connectivity index (χ0v) is 10.7. The predicted molar refractivity (Wildman–Crippen MR) is 69.3 cm³/mol. The Morgan fingerprint density at radius 3 is 2.28 bits per heavy atom. The number of rotatable bonds is 2. The van der Waals surface area contributed by atoms with Gasteiger partial charge < -0.3 is 10.6 Å². The summed E-state index contributed by atoms with van der Waals surface area (Å²) >= 11 is 0. The van der Waals surface area contributed by atoms with Crippen LogP contribution in [0.3, 0.4) is 0 Å². The third-order valence-corrected chi connectivity index (χ3v) is 3.11. The monoisotopic (exact) mass is 269 g/mol. The Labute approximate surface area is 112 Å². The third kappa shape index (κ3) is 3.20. The lowest BCUT2D eigenvalue weighted by atomic mass is 9.96. The standard InChI is InChI=1S/C12H15N3O2.ClH/c13-11(16)9-3-7-15(8-4-9)12(17)10-1-5-14-6-2-10;/h1-2,5-6,9H,3-4,7-8H2,(H2,13,16);1H. The lowest BCUT2D eigenvalue weighted by Gasteiger charge is -2.30. The summed E-state index contributed by atoms with van der Waals surface area (Å²) in [5.41, 5.74) is 5.89. The van der Waals surface area contributed by atoms with Gasteiger partial charge in [0, 0.05) is 37.0 Å². The summed E-state index contributed by atoms with van der Waals surface area (Å²) in [7, 11) is 0. The fraction of sp³-hybridized carbons (Fsp3) is 0.417. The zero-order chi connectivity index (χ0) is 12.3. The van der Waals surface area contributed by atoms with Gasteiger partial charge in [-0.2, -0.15) is 0 Å². The molecule has 2 rings (SSSR count). The topological polar surface area (TPSA) is 76.3 Å². The van der Waals surface area contributed by atoms with E-state index in [0.29, 0.717) is 31.5 Å². The summed E-state index contributed by atoms with van der Waals surface area (Å²) in [6.07, 6.45) is 4.52. The Morgan fingerprint density at radius 2 is 1.78 bits per heavy atom. The first-order valence-electron chi connectivity index (χ1n) is 5.67. The van der Waals surface area contributed by atoms with E-state index in [-0.39, 0.29) is 30.1 Å². The molecule has 0 atom stereocenters. The zero-order valence-electron chi connectivity index (χ0n) is 9.91. The van der Waals surface area contributed by atoms with Gasteiger partial charge in [0.2, 0.25) is 5.91 Å². The molecule has 1 aliphatic heterocycles. The number of carbonyl (C=O) groups is 2. The van der Waals surface area contributed by atoms with Crippen molar-refractivity contribution in [2.75, 3.05) is 13.1 Å². The molecule has 1 aliphatic rings. The molecule has 1 fully saturated rings. The molecular formula is C12H16ClN3O2. The molecule has 0 saturated carbocycles. The molecule has 0 radical (unpaired) electrons. The Balaban J connectivity index is 0.00000162. The van der Waals surface area contributed by atoms with Gasteiger partial charge in [0.1, 0.15) is 0 Å². The van der Waals surface area contributed by atoms with Crippen LogP contribution in [0.5, 0.6) is 0 Å². The number of aromatic nitrogens is 1. The number of carbonyl (C=O) groups excluding carboxylic acids is 2. The Morgan fingerprint density at radius 1 is 1.22 bits per heavy atom. The summed E-state index contributed by atoms with van der Waals surface area (Å²) in [6, 6.07) is 3.39. The molecule has 98 valence electrons. The molecule has 1 saturated heterocycles. The van der Waals surface area contributed by atoms with Crippen molar-refractivity contribution in [3.8, 4) is 0 Å². The number of piperidine rings is 1. The van der Waals surface area contributed by atoms with Crippen LogP contribution >= 0.6 is 12.4 Å². The van der Waals surface area contributed by atoms with E-state index in [2.05, 4.69) is 4.98 Å². The van der Waals surface area contributed by atoms with E-state index in [1.807, 2.05) is 0 Å². The van der Waals surface area contributed by atoms with Gasteiger partial charge >= 0.3 is 0 Å². The van der Waals surface area contributed by atoms with Crippen LogP contribution in [-0.2, 0) is 4.79 Å². The summed E-state index contributed by atoms with van der Waals surface area (Å²) < 4.78 is 0. The maximum atomic E-state index is 12.1. The van der Waals surface area contributed by atoms with Gasteiger partial charge in [-0.1, -0.05) is 0 Å². The van der Waals surface area contributed by atoms with Crippen molar-refractivity contribution in [2.24, 2.45) is 11.7 Å². The number of amides is 2. The Hall–Kier alpha value is -1.62. The SMILES string of the molecule is Cl.NC(=O)C1CCN(C(=O)c2ccncc2)CC1. The minimum Gasteiger partial charge on any atom is -0.369 e. The van der Waals surface area contributed by atoms with Crippen LogP contribution in [0.4, 0.5) is 0 Å². The molecule has 0 unspecified atom stereocenters. The Bertz CT molecular complexity index is 417. The fourth-order valence-corrected chi connectivity index (χ4v) is 2.04. The average Bonchev–Trinajstić information content (AvgIpc) is 2.39. The van der Waals surface area contributed by atoms with Crippen LogP contribution in [-0.4, -0.2) is 34.8 Å². The third-order valence-electron chi connectivity index (χ3n) is 3.11. The maximum Gasteiger partial charge on any atom is 0.253 e. The van der Waals surface area contributed by atoms with E-state index >= 15 is 0 Å². The van der Waals surface area contributed by atoms with Crippen molar-refractivity contribution in [2.45, 2.75) is 12.8 Å². The van der Waals surface area contributed by atoms with Gasteiger partial charge in [-0.05, 0) is 25.0 Å². The summed E-state index contributed by atoms with van der Waals surface area (Å²) in [4.78, 5) is 28.7. The van der Waals surface area contributed by atoms with Gasteiger partial charge in [-0.15, -0.1) is 12.4 Å². The highest BCUT2D eigenvalue weighted by Gasteiger charge is 2.26. The lowest BCUT2D eigenvalue weighted by molar-refractivity contribution is -0.123. The molecule has 0 aromatic carbocycles. The van der Waals surface area contributed by atoms with Crippen molar-refractivity contribution in [1.82, 2.24) is 9.88 Å². The summed E-state index contributed by atoms with van der Waals surface area (Å²) in [5.74, 6) is -0.354. The van der Waals surface area contributed by atoms with Gasteiger partial charge in [0.15, 0.2) is 0 Å². The van der Waals surface area contributed by atoms with Crippen LogP contribution in [0.2, 0.25) is 0 Å². The number of nitrogens with two attached hydrogens (primary N) is 1. The molecule has 1 aromatic rings. The van der Waals surface area contributed by atoms with Crippen LogP contribution < -0.4 is 5.73 Å². The van der Waals surface area contributed by atoms with Crippen molar-refractivity contribution in [3.05, 3.63) is 30.1 Å². The quantitative estimate of drug-likeness (QED) is 0.864. The number of hydrogen-bond acceptors (Lipinski definition) is 3. The van der Waals surface area contributed by atoms with E-state index in [9.17, 15) is 9.59 Å². The highest BCUT2D eigenvalue weighted by Crippen LogP contribution is 2.18. The first-order chi connectivity index (χ1) is 8.18. The van der Waals surface area contributed by atoms with Crippen LogP contribution in [0.25, 0.3) is 0 Å². The molecule has 2 N–H and O–H groups in total. The van der Waals surface area contributed by atoms with Crippen LogP contribution in [0, 0.1) is 5.92 Å². The molecule has 0 bridgehead atoms. The first kappa shape index (κ1) is 14.4. The summed E-state index contributed by atoms with van der Waals surface area (Å²) in [6.45, 7) is 1.18. The smallest absolute Gasteiger partial charge is 0.253 e. The van der Waals surface area contributed by atoms with Crippen LogP contribution in [0.1, 0.15) is 23.2 Å². The molecule has 2 heterocycles. The summed E-state index contributed by atoms with van der Waals surface area (Å²) in [5, 5.41) is 0. The minimum absolute atomic E-state index is 0. The first-order valence-corrected chi connectivity index (χ1v) is 5.67. The van der Waals surface area contributed by atoms with Crippen molar-refractivity contribution < 1.29 is 9.59 Å². The predicted octanol–water partition coefficient (Wildman–Crippen LogP) is 0.841. The van der Waals surface area contributed by atoms with Crippen molar-refractivity contribution in [3.63, 3.8) is 0 Å². The van der Waals surface area contributed by atoms with Crippen molar-refractivity contribution in [1.29, 1.82) is 0 Å². The normalized spacial score (nSPS) is 15.9. The molecule has 0 aliphatic carbocycles. The van der Waals surface area contributed by atoms with Gasteiger partial charge in [-0.3, -0.25) is 14.6 Å². The second-order valence-electron chi connectivity index (χ2n) is 4.20. The lowest BCUT2D eigenvalue weighted by Crippen LogP contribution is -2.41. The minimum atomic E-state index is -0.263. The largest absolute Gasteiger partial charge is 0.369 e. The molecule has 5 nitrogen and oxygen atoms in total. The van der Waals surface area contributed by atoms with Gasteiger partial charge in [0.05, 0.1) is 0 Å². The molecule has 6 heteroatoms. The molecule has 0 spiro atoms. The number of pyridine rings is 1. The van der Waals surface area contributed by atoms with E-state index in [0.717, 1.165) is 0 Å². The van der Waals surface area contributed by atoms with E-state index in [1.54, 1.807) is 29.4 Å². The average molecular weight is 270 g/mol. The van der Waals surface area contributed by atoms with E-state index < -0.39 is 0 Å². The fourth-order valence-electron chi connectivity index (χ4n) is 2.04. The number of hydrogen-bond donors (Lipinski definition) is 1. The van der Waals surface area contributed by atoms with E-state index in [1.165, 1.54) is 0 Å². The highest BCUT2D eigenvalue weighted by atomic mass is 35.5. The highest BCUT2D eigenvalue weighted by molar-refractivity contribution is 5.94. The second kappa shape index (κ2) is 6.35. The number of likely N-dealkylation sites (tertiary alicyclic amines) is 1. The van der Waals surface area contributed by atoms with Gasteiger partial charge in [0.25, 0.3) is 5.91 Å². The molecule has 18 heavy (non-hydrogen) atoms. The second-order valence-corrected chi connectivity index (χ2v) is 4.20.